The molecule has 0 amide bonds. The van der Waals surface area contributed by atoms with E-state index in [1.165, 1.54) is 11.1 Å². The molecule has 1 atom stereocenters. The Kier molecular flexibility index (Phi) is 6.82. The topological polar surface area (TPSA) is 54.2 Å². The minimum Gasteiger partial charge on any atom is -0.330 e. The first kappa shape index (κ1) is 18.3. The number of unbranched alkanes of at least 4 members (excludes halogenated alkanes) is 1. The summed E-state index contributed by atoms with van der Waals surface area (Å²) in [4.78, 5) is 6.91. The van der Waals surface area contributed by atoms with Crippen LogP contribution in [-0.2, 0) is 19.5 Å². The maximum atomic E-state index is 6.31. The number of nitrogens with two attached hydrogens (primary N) is 1. The molecule has 0 radical (unpaired) electrons. The fraction of sp³-hybridized carbons (Fsp3) is 0.450. The van der Waals surface area contributed by atoms with Crippen molar-refractivity contribution in [1.29, 1.82) is 0 Å². The van der Waals surface area contributed by atoms with E-state index in [2.05, 4.69) is 39.5 Å². The molecular formula is C20H27ClN4. The number of hydrogen-bond acceptors (Lipinski definition) is 4. The Hall–Kier alpha value is -1.46. The summed E-state index contributed by atoms with van der Waals surface area (Å²) in [6.07, 6.45) is 5.03. The van der Waals surface area contributed by atoms with Crippen molar-refractivity contribution >= 4 is 11.6 Å². The molecule has 4 nitrogen and oxygen atoms in total. The summed E-state index contributed by atoms with van der Waals surface area (Å²) in [5.41, 5.74) is 9.50. The smallest absolute Gasteiger partial charge is 0.0729 e. The Morgan fingerprint density at radius 3 is 2.80 bits per heavy atom. The average Bonchev–Trinajstić information content (AvgIpc) is 2.63. The highest BCUT2D eigenvalue weighted by Gasteiger charge is 2.20. The third-order valence-corrected chi connectivity index (χ3v) is 5.13. The molecule has 1 aliphatic heterocycles. The zero-order valence-corrected chi connectivity index (χ0v) is 15.4. The van der Waals surface area contributed by atoms with Gasteiger partial charge in [-0.3, -0.25) is 9.88 Å². The van der Waals surface area contributed by atoms with E-state index in [1.54, 1.807) is 0 Å². The van der Waals surface area contributed by atoms with Crippen molar-refractivity contribution in [1.82, 2.24) is 15.2 Å². The minimum absolute atomic E-state index is 0.454. The van der Waals surface area contributed by atoms with Gasteiger partial charge in [0.05, 0.1) is 10.7 Å². The highest BCUT2D eigenvalue weighted by molar-refractivity contribution is 6.31. The van der Waals surface area contributed by atoms with Gasteiger partial charge in [-0.2, -0.15) is 0 Å². The van der Waals surface area contributed by atoms with Crippen LogP contribution in [0.5, 0.6) is 0 Å². The monoisotopic (exact) mass is 358 g/mol. The Bertz CT molecular complexity index is 676. The number of rotatable bonds is 8. The molecule has 0 saturated carbocycles. The number of fused-ring (bicyclic) bond motifs is 1. The van der Waals surface area contributed by atoms with Crippen LogP contribution in [0, 0.1) is 0 Å². The Morgan fingerprint density at radius 2 is 2.00 bits per heavy atom. The van der Waals surface area contributed by atoms with Gasteiger partial charge in [-0.1, -0.05) is 35.9 Å². The quantitative estimate of drug-likeness (QED) is 0.712. The summed E-state index contributed by atoms with van der Waals surface area (Å²) in [5, 5.41) is 4.42. The molecule has 1 aromatic carbocycles. The molecule has 5 heteroatoms. The SMILES string of the molecule is NCCCCN(Cc1ncccc1Cl)C[C@H]1Cc2ccccc2CN1. The summed E-state index contributed by atoms with van der Waals surface area (Å²) >= 11 is 6.31. The van der Waals surface area contributed by atoms with Crippen molar-refractivity contribution in [2.24, 2.45) is 5.73 Å². The van der Waals surface area contributed by atoms with Gasteiger partial charge in [-0.25, -0.2) is 0 Å². The minimum atomic E-state index is 0.454. The Labute approximate surface area is 155 Å². The van der Waals surface area contributed by atoms with Crippen molar-refractivity contribution in [3.63, 3.8) is 0 Å². The van der Waals surface area contributed by atoms with Crippen LogP contribution in [0.1, 0.15) is 29.7 Å². The highest BCUT2D eigenvalue weighted by atomic mass is 35.5. The predicted molar refractivity (Wildman–Crippen MR) is 104 cm³/mol. The third-order valence-electron chi connectivity index (χ3n) is 4.78. The van der Waals surface area contributed by atoms with Crippen LogP contribution in [0.4, 0.5) is 0 Å². The largest absolute Gasteiger partial charge is 0.330 e. The third kappa shape index (κ3) is 5.25. The van der Waals surface area contributed by atoms with Crippen LogP contribution in [0.2, 0.25) is 5.02 Å². The standard InChI is InChI=1S/C20H27ClN4/c21-19-8-5-10-23-20(19)15-25(11-4-3-9-22)14-18-12-16-6-1-2-7-17(16)13-24-18/h1-2,5-8,10,18,24H,3-4,9,11-15,22H2/t18-/m1/s1. The lowest BCUT2D eigenvalue weighted by Gasteiger charge is -2.31. The van der Waals surface area contributed by atoms with E-state index in [0.717, 1.165) is 62.7 Å². The second-order valence-electron chi connectivity index (χ2n) is 6.71. The van der Waals surface area contributed by atoms with E-state index in [9.17, 15) is 0 Å². The fourth-order valence-electron chi connectivity index (χ4n) is 3.42. The fourth-order valence-corrected chi connectivity index (χ4v) is 3.60. The summed E-state index contributed by atoms with van der Waals surface area (Å²) in [6, 6.07) is 13.0. The molecule has 134 valence electrons. The number of aromatic nitrogens is 1. The first-order valence-corrected chi connectivity index (χ1v) is 9.46. The number of benzene rings is 1. The molecule has 0 saturated heterocycles. The van der Waals surface area contributed by atoms with Gasteiger partial charge in [0, 0.05) is 31.9 Å². The van der Waals surface area contributed by atoms with E-state index in [0.29, 0.717) is 6.04 Å². The predicted octanol–water partition coefficient (Wildman–Crippen LogP) is 2.99. The van der Waals surface area contributed by atoms with Gasteiger partial charge >= 0.3 is 0 Å². The molecule has 1 aliphatic rings. The summed E-state index contributed by atoms with van der Waals surface area (Å²) in [5.74, 6) is 0. The molecule has 2 heterocycles. The number of nitrogens with one attached hydrogen (secondary N) is 1. The summed E-state index contributed by atoms with van der Waals surface area (Å²) < 4.78 is 0. The van der Waals surface area contributed by atoms with Gasteiger partial charge in [0.1, 0.15) is 0 Å². The van der Waals surface area contributed by atoms with E-state index < -0.39 is 0 Å². The molecule has 3 N–H and O–H groups in total. The van der Waals surface area contributed by atoms with E-state index in [4.69, 9.17) is 17.3 Å². The average molecular weight is 359 g/mol. The normalized spacial score (nSPS) is 16.8. The number of hydrogen-bond donors (Lipinski definition) is 2. The van der Waals surface area contributed by atoms with Crippen molar-refractivity contribution < 1.29 is 0 Å². The van der Waals surface area contributed by atoms with Crippen LogP contribution < -0.4 is 11.1 Å². The molecular weight excluding hydrogens is 332 g/mol. The van der Waals surface area contributed by atoms with Crippen LogP contribution in [0.3, 0.4) is 0 Å². The van der Waals surface area contributed by atoms with Crippen molar-refractivity contribution in [3.8, 4) is 0 Å². The van der Waals surface area contributed by atoms with Crippen molar-refractivity contribution in [2.45, 2.75) is 38.4 Å². The summed E-state index contributed by atoms with van der Waals surface area (Å²) in [6.45, 7) is 4.48. The van der Waals surface area contributed by atoms with E-state index in [1.807, 2.05) is 18.3 Å². The zero-order chi connectivity index (χ0) is 17.5. The lowest BCUT2D eigenvalue weighted by Crippen LogP contribution is -2.44. The lowest BCUT2D eigenvalue weighted by molar-refractivity contribution is 0.222. The molecule has 25 heavy (non-hydrogen) atoms. The summed E-state index contributed by atoms with van der Waals surface area (Å²) in [7, 11) is 0. The molecule has 1 aromatic heterocycles. The maximum absolute atomic E-state index is 6.31. The first-order valence-electron chi connectivity index (χ1n) is 9.08. The number of nitrogens with zero attached hydrogens (tertiary/aromatic N) is 2. The van der Waals surface area contributed by atoms with Gasteiger partial charge in [0.15, 0.2) is 0 Å². The molecule has 0 spiro atoms. The number of pyridine rings is 1. The van der Waals surface area contributed by atoms with Gasteiger partial charge in [-0.15, -0.1) is 0 Å². The first-order chi connectivity index (χ1) is 12.3. The van der Waals surface area contributed by atoms with Gasteiger partial charge in [-0.05, 0) is 55.6 Å². The van der Waals surface area contributed by atoms with Crippen LogP contribution in [0.25, 0.3) is 0 Å². The Morgan fingerprint density at radius 1 is 1.16 bits per heavy atom. The second kappa shape index (κ2) is 9.30. The second-order valence-corrected chi connectivity index (χ2v) is 7.12. The zero-order valence-electron chi connectivity index (χ0n) is 14.6. The van der Waals surface area contributed by atoms with Crippen LogP contribution in [0.15, 0.2) is 42.6 Å². The molecule has 2 aromatic rings. The van der Waals surface area contributed by atoms with Crippen molar-refractivity contribution in [2.75, 3.05) is 19.6 Å². The lowest BCUT2D eigenvalue weighted by atomic mass is 9.95. The van der Waals surface area contributed by atoms with Gasteiger partial charge < -0.3 is 11.1 Å². The molecule has 0 bridgehead atoms. The van der Waals surface area contributed by atoms with Crippen LogP contribution >= 0.6 is 11.6 Å². The Balaban J connectivity index is 1.64. The number of halogens is 1. The molecule has 3 rings (SSSR count). The highest BCUT2D eigenvalue weighted by Crippen LogP contribution is 2.19. The maximum Gasteiger partial charge on any atom is 0.0729 e. The molecule has 0 unspecified atom stereocenters. The molecule has 0 fully saturated rings. The molecule has 0 aliphatic carbocycles. The van der Waals surface area contributed by atoms with Crippen LogP contribution in [-0.4, -0.2) is 35.6 Å². The van der Waals surface area contributed by atoms with E-state index in [-0.39, 0.29) is 0 Å². The van der Waals surface area contributed by atoms with Gasteiger partial charge in [0.25, 0.3) is 0 Å². The van der Waals surface area contributed by atoms with E-state index >= 15 is 0 Å². The van der Waals surface area contributed by atoms with Crippen molar-refractivity contribution in [3.05, 3.63) is 64.4 Å². The van der Waals surface area contributed by atoms with Gasteiger partial charge in [0.2, 0.25) is 0 Å².